The molecule has 0 bridgehead atoms. The molecule has 0 saturated carbocycles. The Morgan fingerprint density at radius 1 is 1.00 bits per heavy atom. The molecule has 1 heterocycles. The minimum absolute atomic E-state index is 0.260. The first kappa shape index (κ1) is 18.1. The van der Waals surface area contributed by atoms with Crippen LogP contribution in [0.25, 0.3) is 11.1 Å². The van der Waals surface area contributed by atoms with E-state index in [0.29, 0.717) is 4.90 Å². The first-order chi connectivity index (χ1) is 11.8. The fourth-order valence-corrected chi connectivity index (χ4v) is 4.05. The van der Waals surface area contributed by atoms with Crippen molar-refractivity contribution in [2.45, 2.75) is 37.5 Å². The van der Waals surface area contributed by atoms with Crippen LogP contribution in [0.4, 0.5) is 0 Å². The lowest BCUT2D eigenvalue weighted by atomic mass is 10.0. The van der Waals surface area contributed by atoms with Gasteiger partial charge in [-0.25, -0.2) is 8.42 Å². The maximum atomic E-state index is 11.6. The molecule has 0 radical (unpaired) electrons. The Morgan fingerprint density at radius 2 is 1.64 bits per heavy atom. The van der Waals surface area contributed by atoms with E-state index in [9.17, 15) is 8.42 Å². The second-order valence-electron chi connectivity index (χ2n) is 6.95. The van der Waals surface area contributed by atoms with Gasteiger partial charge in [0, 0.05) is 25.9 Å². The quantitative estimate of drug-likeness (QED) is 0.840. The average molecular weight is 359 g/mol. The van der Waals surface area contributed by atoms with Gasteiger partial charge in [0.1, 0.15) is 0 Å². The number of rotatable bonds is 4. The van der Waals surface area contributed by atoms with Crippen LogP contribution < -0.4 is 0 Å². The Bertz CT molecular complexity index is 820. The van der Waals surface area contributed by atoms with Crippen molar-refractivity contribution in [1.82, 2.24) is 4.90 Å². The second-order valence-corrected chi connectivity index (χ2v) is 8.96. The van der Waals surface area contributed by atoms with Crippen LogP contribution in [0.1, 0.15) is 19.4 Å². The zero-order valence-electron chi connectivity index (χ0n) is 15.0. The number of hydrogen-bond donors (Lipinski definition) is 0. The van der Waals surface area contributed by atoms with E-state index in [-0.39, 0.29) is 12.2 Å². The molecule has 4 nitrogen and oxygen atoms in total. The van der Waals surface area contributed by atoms with Crippen molar-refractivity contribution < 1.29 is 13.2 Å². The summed E-state index contributed by atoms with van der Waals surface area (Å²) in [6, 6.07) is 15.5. The highest BCUT2D eigenvalue weighted by Gasteiger charge is 2.22. The van der Waals surface area contributed by atoms with Gasteiger partial charge >= 0.3 is 0 Å². The van der Waals surface area contributed by atoms with E-state index >= 15 is 0 Å². The van der Waals surface area contributed by atoms with Crippen LogP contribution in [0, 0.1) is 0 Å². The molecule has 0 aromatic heterocycles. The topological polar surface area (TPSA) is 46.6 Å². The molecule has 0 N–H and O–H groups in total. The molecule has 1 fully saturated rings. The van der Waals surface area contributed by atoms with Gasteiger partial charge in [-0.15, -0.1) is 0 Å². The Balaban J connectivity index is 1.77. The van der Waals surface area contributed by atoms with E-state index in [1.54, 1.807) is 12.1 Å². The van der Waals surface area contributed by atoms with Crippen LogP contribution in [0.3, 0.4) is 0 Å². The molecular formula is C20H25NO3S. The third kappa shape index (κ3) is 4.69. The number of nitrogens with zero attached hydrogens (tertiary/aromatic N) is 1. The Morgan fingerprint density at radius 3 is 2.24 bits per heavy atom. The maximum Gasteiger partial charge on any atom is 0.175 e. The highest BCUT2D eigenvalue weighted by molar-refractivity contribution is 7.90. The monoisotopic (exact) mass is 359 g/mol. The Kier molecular flexibility index (Phi) is 5.27. The van der Waals surface area contributed by atoms with Gasteiger partial charge in [-0.3, -0.25) is 4.90 Å². The zero-order valence-corrected chi connectivity index (χ0v) is 15.8. The minimum atomic E-state index is -3.16. The fourth-order valence-electron chi connectivity index (χ4n) is 3.42. The largest absolute Gasteiger partial charge is 0.373 e. The summed E-state index contributed by atoms with van der Waals surface area (Å²) in [4.78, 5) is 2.77. The number of hydrogen-bond acceptors (Lipinski definition) is 4. The number of morpholine rings is 1. The lowest BCUT2D eigenvalue weighted by molar-refractivity contribution is -0.0704. The Labute approximate surface area is 150 Å². The van der Waals surface area contributed by atoms with Gasteiger partial charge < -0.3 is 4.74 Å². The highest BCUT2D eigenvalue weighted by atomic mass is 32.2. The molecule has 2 aromatic carbocycles. The van der Waals surface area contributed by atoms with Crippen molar-refractivity contribution in [3.8, 4) is 11.1 Å². The standard InChI is InChI=1S/C20H25NO3S/c1-15-12-21(13-16(2)24-15)14-17-5-4-6-19(11-17)18-7-9-20(10-8-18)25(3,22)23/h4-11,15-16H,12-14H2,1-3H3/t15-,16+. The number of sulfone groups is 1. The normalized spacial score (nSPS) is 22.0. The van der Waals surface area contributed by atoms with Crippen molar-refractivity contribution in [2.24, 2.45) is 0 Å². The molecule has 134 valence electrons. The smallest absolute Gasteiger partial charge is 0.175 e. The molecule has 1 saturated heterocycles. The van der Waals surface area contributed by atoms with Crippen LogP contribution in [-0.2, 0) is 21.1 Å². The van der Waals surface area contributed by atoms with Gasteiger partial charge in [0.2, 0.25) is 0 Å². The lowest BCUT2D eigenvalue weighted by Crippen LogP contribution is -2.44. The van der Waals surface area contributed by atoms with Gasteiger partial charge in [-0.2, -0.15) is 0 Å². The molecule has 0 unspecified atom stereocenters. The highest BCUT2D eigenvalue weighted by Crippen LogP contribution is 2.23. The van der Waals surface area contributed by atoms with Gasteiger partial charge in [0.05, 0.1) is 17.1 Å². The van der Waals surface area contributed by atoms with E-state index in [1.807, 2.05) is 12.1 Å². The lowest BCUT2D eigenvalue weighted by Gasteiger charge is -2.35. The van der Waals surface area contributed by atoms with Gasteiger partial charge in [-0.1, -0.05) is 30.3 Å². The van der Waals surface area contributed by atoms with Crippen LogP contribution in [0.15, 0.2) is 53.4 Å². The molecule has 1 aliphatic rings. The fraction of sp³-hybridized carbons (Fsp3) is 0.400. The minimum Gasteiger partial charge on any atom is -0.373 e. The van der Waals surface area contributed by atoms with Crippen LogP contribution in [0.5, 0.6) is 0 Å². The predicted molar refractivity (Wildman–Crippen MR) is 100 cm³/mol. The number of benzene rings is 2. The maximum absolute atomic E-state index is 11.6. The van der Waals surface area contributed by atoms with Crippen molar-refractivity contribution in [3.05, 3.63) is 54.1 Å². The second kappa shape index (κ2) is 7.28. The van der Waals surface area contributed by atoms with E-state index in [0.717, 1.165) is 30.8 Å². The van der Waals surface area contributed by atoms with Crippen molar-refractivity contribution in [1.29, 1.82) is 0 Å². The van der Waals surface area contributed by atoms with E-state index in [1.165, 1.54) is 11.8 Å². The van der Waals surface area contributed by atoms with Crippen LogP contribution in [-0.4, -0.2) is 44.9 Å². The van der Waals surface area contributed by atoms with Gasteiger partial charge in [0.25, 0.3) is 0 Å². The summed E-state index contributed by atoms with van der Waals surface area (Å²) in [6.07, 6.45) is 1.75. The van der Waals surface area contributed by atoms with Crippen LogP contribution in [0.2, 0.25) is 0 Å². The van der Waals surface area contributed by atoms with Gasteiger partial charge in [0.15, 0.2) is 9.84 Å². The third-order valence-corrected chi connectivity index (χ3v) is 5.57. The van der Waals surface area contributed by atoms with E-state index in [4.69, 9.17) is 4.74 Å². The average Bonchev–Trinajstić information content (AvgIpc) is 2.53. The molecule has 5 heteroatoms. The summed E-state index contributed by atoms with van der Waals surface area (Å²) in [7, 11) is -3.16. The van der Waals surface area contributed by atoms with Crippen molar-refractivity contribution in [2.75, 3.05) is 19.3 Å². The molecule has 3 rings (SSSR count). The molecule has 25 heavy (non-hydrogen) atoms. The molecular weight excluding hydrogens is 334 g/mol. The summed E-state index contributed by atoms with van der Waals surface area (Å²) in [6.45, 7) is 7.01. The molecule has 0 amide bonds. The van der Waals surface area contributed by atoms with Crippen LogP contribution >= 0.6 is 0 Å². The van der Waals surface area contributed by atoms with E-state index in [2.05, 4.69) is 43.0 Å². The summed E-state index contributed by atoms with van der Waals surface area (Å²) >= 11 is 0. The molecule has 2 atom stereocenters. The molecule has 0 spiro atoms. The molecule has 2 aromatic rings. The third-order valence-electron chi connectivity index (χ3n) is 4.44. The summed E-state index contributed by atoms with van der Waals surface area (Å²) < 4.78 is 29.0. The van der Waals surface area contributed by atoms with E-state index < -0.39 is 9.84 Å². The summed E-state index contributed by atoms with van der Waals surface area (Å²) in [5, 5.41) is 0. The summed E-state index contributed by atoms with van der Waals surface area (Å²) in [5.41, 5.74) is 3.39. The first-order valence-electron chi connectivity index (χ1n) is 8.58. The zero-order chi connectivity index (χ0) is 18.0. The van der Waals surface area contributed by atoms with Gasteiger partial charge in [-0.05, 0) is 48.7 Å². The summed E-state index contributed by atoms with van der Waals surface area (Å²) in [5.74, 6) is 0. The first-order valence-corrected chi connectivity index (χ1v) is 10.5. The Hall–Kier alpha value is -1.69. The SMILES string of the molecule is C[C@@H]1CN(Cc2cccc(-c3ccc(S(C)(=O)=O)cc3)c2)C[C@H](C)O1. The van der Waals surface area contributed by atoms with Crippen molar-refractivity contribution >= 4 is 9.84 Å². The molecule has 1 aliphatic heterocycles. The number of ether oxygens (including phenoxy) is 1. The predicted octanol–water partition coefficient (Wildman–Crippen LogP) is 3.37. The van der Waals surface area contributed by atoms with Crippen molar-refractivity contribution in [3.63, 3.8) is 0 Å². The molecule has 0 aliphatic carbocycles.